The first kappa shape index (κ1) is 12.2. The molecule has 0 bridgehead atoms. The second-order valence-corrected chi connectivity index (χ2v) is 3.22. The number of esters is 1. The van der Waals surface area contributed by atoms with Gasteiger partial charge in [-0.15, -0.1) is 6.58 Å². The lowest BCUT2D eigenvalue weighted by molar-refractivity contribution is -0.146. The SMILES string of the molecule is C=CCCC[C@H](C(=O)OC)N(C)C. The summed E-state index contributed by atoms with van der Waals surface area (Å²) in [6.45, 7) is 3.64. The summed E-state index contributed by atoms with van der Waals surface area (Å²) in [4.78, 5) is 13.1. The minimum absolute atomic E-state index is 0.120. The van der Waals surface area contributed by atoms with Gasteiger partial charge >= 0.3 is 5.97 Å². The number of hydrogen-bond acceptors (Lipinski definition) is 3. The zero-order valence-electron chi connectivity index (χ0n) is 8.75. The number of methoxy groups -OCH3 is 1. The molecule has 0 unspecified atom stereocenters. The van der Waals surface area contributed by atoms with Gasteiger partial charge in [-0.25, -0.2) is 0 Å². The van der Waals surface area contributed by atoms with Crippen molar-refractivity contribution in [1.29, 1.82) is 0 Å². The Morgan fingerprint density at radius 2 is 2.23 bits per heavy atom. The fourth-order valence-electron chi connectivity index (χ4n) is 1.18. The monoisotopic (exact) mass is 185 g/mol. The van der Waals surface area contributed by atoms with Crippen molar-refractivity contribution in [3.05, 3.63) is 12.7 Å². The van der Waals surface area contributed by atoms with Gasteiger partial charge in [0.15, 0.2) is 0 Å². The maximum Gasteiger partial charge on any atom is 0.323 e. The van der Waals surface area contributed by atoms with Crippen molar-refractivity contribution < 1.29 is 9.53 Å². The standard InChI is InChI=1S/C10H19NO2/c1-5-6-7-8-9(11(2)3)10(12)13-4/h5,9H,1,6-8H2,2-4H3/t9-/m1/s1. The summed E-state index contributed by atoms with van der Waals surface area (Å²) in [6.07, 6.45) is 4.61. The second kappa shape index (κ2) is 6.66. The summed E-state index contributed by atoms with van der Waals surface area (Å²) in [7, 11) is 5.19. The molecule has 3 heteroatoms. The van der Waals surface area contributed by atoms with E-state index in [0.29, 0.717) is 0 Å². The number of ether oxygens (including phenoxy) is 1. The maximum absolute atomic E-state index is 11.3. The molecule has 0 saturated heterocycles. The molecule has 0 spiro atoms. The molecular weight excluding hydrogens is 166 g/mol. The lowest BCUT2D eigenvalue weighted by atomic mass is 10.1. The summed E-state index contributed by atoms with van der Waals surface area (Å²) in [6, 6.07) is -0.120. The molecule has 13 heavy (non-hydrogen) atoms. The van der Waals surface area contributed by atoms with Gasteiger partial charge < -0.3 is 4.74 Å². The first-order chi connectivity index (χ1) is 6.13. The van der Waals surface area contributed by atoms with Crippen LogP contribution in [-0.4, -0.2) is 38.1 Å². The number of unbranched alkanes of at least 4 members (excludes halogenated alkanes) is 1. The number of likely N-dealkylation sites (N-methyl/N-ethyl adjacent to an activating group) is 1. The van der Waals surface area contributed by atoms with Gasteiger partial charge in [0, 0.05) is 0 Å². The van der Waals surface area contributed by atoms with Crippen molar-refractivity contribution in [2.75, 3.05) is 21.2 Å². The Morgan fingerprint density at radius 1 is 1.62 bits per heavy atom. The predicted molar refractivity (Wildman–Crippen MR) is 53.5 cm³/mol. The Hall–Kier alpha value is -0.830. The molecule has 0 saturated carbocycles. The molecule has 3 nitrogen and oxygen atoms in total. The third kappa shape index (κ3) is 4.68. The van der Waals surface area contributed by atoms with Crippen molar-refractivity contribution >= 4 is 5.97 Å². The third-order valence-corrected chi connectivity index (χ3v) is 1.98. The van der Waals surface area contributed by atoms with Crippen LogP contribution >= 0.6 is 0 Å². The molecule has 0 aromatic carbocycles. The molecule has 0 fully saturated rings. The minimum Gasteiger partial charge on any atom is -0.468 e. The smallest absolute Gasteiger partial charge is 0.323 e. The van der Waals surface area contributed by atoms with Gasteiger partial charge in [0.25, 0.3) is 0 Å². The fourth-order valence-corrected chi connectivity index (χ4v) is 1.18. The quantitative estimate of drug-likeness (QED) is 0.356. The van der Waals surface area contributed by atoms with Crippen LogP contribution in [0.2, 0.25) is 0 Å². The van der Waals surface area contributed by atoms with Gasteiger partial charge in [-0.1, -0.05) is 6.08 Å². The van der Waals surface area contributed by atoms with E-state index in [4.69, 9.17) is 4.74 Å². The van der Waals surface area contributed by atoms with Crippen molar-refractivity contribution in [2.24, 2.45) is 0 Å². The molecule has 0 heterocycles. The predicted octanol–water partition coefficient (Wildman–Crippen LogP) is 1.45. The molecule has 0 rings (SSSR count). The van der Waals surface area contributed by atoms with Crippen LogP contribution in [-0.2, 0) is 9.53 Å². The second-order valence-electron chi connectivity index (χ2n) is 3.22. The van der Waals surface area contributed by atoms with Gasteiger partial charge in [-0.2, -0.15) is 0 Å². The summed E-state index contributed by atoms with van der Waals surface area (Å²) in [5.41, 5.74) is 0. The maximum atomic E-state index is 11.3. The number of hydrogen-bond donors (Lipinski definition) is 0. The number of carbonyl (C=O) groups excluding carboxylic acids is 1. The first-order valence-electron chi connectivity index (χ1n) is 4.48. The normalized spacial score (nSPS) is 12.6. The Kier molecular flexibility index (Phi) is 6.24. The highest BCUT2D eigenvalue weighted by Crippen LogP contribution is 2.07. The van der Waals surface area contributed by atoms with E-state index in [9.17, 15) is 4.79 Å². The summed E-state index contributed by atoms with van der Waals surface area (Å²) >= 11 is 0. The van der Waals surface area contributed by atoms with Crippen molar-refractivity contribution in [1.82, 2.24) is 4.90 Å². The summed E-state index contributed by atoms with van der Waals surface area (Å²) in [5.74, 6) is -0.158. The van der Waals surface area contributed by atoms with Gasteiger partial charge in [-0.3, -0.25) is 9.69 Å². The molecule has 1 atom stereocenters. The lowest BCUT2D eigenvalue weighted by Crippen LogP contribution is -2.36. The van der Waals surface area contributed by atoms with E-state index in [2.05, 4.69) is 6.58 Å². The highest BCUT2D eigenvalue weighted by molar-refractivity contribution is 5.75. The molecule has 0 aliphatic heterocycles. The van der Waals surface area contributed by atoms with Crippen molar-refractivity contribution in [2.45, 2.75) is 25.3 Å². The highest BCUT2D eigenvalue weighted by atomic mass is 16.5. The Labute approximate surface area is 80.4 Å². The minimum atomic E-state index is -0.158. The molecule has 0 aliphatic carbocycles. The number of rotatable bonds is 6. The first-order valence-corrected chi connectivity index (χ1v) is 4.48. The van der Waals surface area contributed by atoms with Gasteiger partial charge in [-0.05, 0) is 33.4 Å². The summed E-state index contributed by atoms with van der Waals surface area (Å²) in [5, 5.41) is 0. The number of nitrogens with zero attached hydrogens (tertiary/aromatic N) is 1. The van der Waals surface area contributed by atoms with Gasteiger partial charge in [0.2, 0.25) is 0 Å². The average Bonchev–Trinajstić information content (AvgIpc) is 2.11. The molecule has 0 aromatic rings. The van der Waals surface area contributed by atoms with Crippen LogP contribution < -0.4 is 0 Å². The molecule has 0 amide bonds. The lowest BCUT2D eigenvalue weighted by Gasteiger charge is -2.21. The van der Waals surface area contributed by atoms with E-state index in [1.165, 1.54) is 7.11 Å². The van der Waals surface area contributed by atoms with E-state index < -0.39 is 0 Å². The highest BCUT2D eigenvalue weighted by Gasteiger charge is 2.20. The van der Waals surface area contributed by atoms with Crippen LogP contribution in [0.15, 0.2) is 12.7 Å². The average molecular weight is 185 g/mol. The molecule has 0 aliphatic rings. The zero-order chi connectivity index (χ0) is 10.3. The Morgan fingerprint density at radius 3 is 2.62 bits per heavy atom. The van der Waals surface area contributed by atoms with E-state index in [-0.39, 0.29) is 12.0 Å². The topological polar surface area (TPSA) is 29.5 Å². The largest absolute Gasteiger partial charge is 0.468 e. The Bertz CT molecular complexity index is 166. The summed E-state index contributed by atoms with van der Waals surface area (Å²) < 4.78 is 4.70. The van der Waals surface area contributed by atoms with Crippen LogP contribution in [0.25, 0.3) is 0 Å². The van der Waals surface area contributed by atoms with Gasteiger partial charge in [0.05, 0.1) is 7.11 Å². The van der Waals surface area contributed by atoms with E-state index >= 15 is 0 Å². The van der Waals surface area contributed by atoms with E-state index in [1.807, 2.05) is 25.1 Å². The molecule has 0 aromatic heterocycles. The molecule has 0 radical (unpaired) electrons. The molecule has 0 N–H and O–H groups in total. The molecule has 76 valence electrons. The van der Waals surface area contributed by atoms with Crippen molar-refractivity contribution in [3.8, 4) is 0 Å². The third-order valence-electron chi connectivity index (χ3n) is 1.98. The number of allylic oxidation sites excluding steroid dienone is 1. The molecular formula is C10H19NO2. The van der Waals surface area contributed by atoms with Crippen LogP contribution in [0, 0.1) is 0 Å². The van der Waals surface area contributed by atoms with E-state index in [0.717, 1.165) is 19.3 Å². The van der Waals surface area contributed by atoms with Crippen molar-refractivity contribution in [3.63, 3.8) is 0 Å². The zero-order valence-corrected chi connectivity index (χ0v) is 8.75. The number of carbonyl (C=O) groups is 1. The van der Waals surface area contributed by atoms with Crippen LogP contribution in [0.1, 0.15) is 19.3 Å². The van der Waals surface area contributed by atoms with E-state index in [1.54, 1.807) is 0 Å². The fraction of sp³-hybridized carbons (Fsp3) is 0.700. The van der Waals surface area contributed by atoms with Crippen LogP contribution in [0.3, 0.4) is 0 Å². The van der Waals surface area contributed by atoms with Crippen LogP contribution in [0.4, 0.5) is 0 Å². The Balaban J connectivity index is 3.94. The van der Waals surface area contributed by atoms with Crippen LogP contribution in [0.5, 0.6) is 0 Å². The van der Waals surface area contributed by atoms with Gasteiger partial charge in [0.1, 0.15) is 6.04 Å².